The van der Waals surface area contributed by atoms with E-state index in [2.05, 4.69) is 5.32 Å². The summed E-state index contributed by atoms with van der Waals surface area (Å²) in [5, 5.41) is 3.64. The molecule has 120 valence electrons. The summed E-state index contributed by atoms with van der Waals surface area (Å²) in [6.07, 6.45) is 4.39. The van der Waals surface area contributed by atoms with Gasteiger partial charge < -0.3 is 11.1 Å². The lowest BCUT2D eigenvalue weighted by atomic mass is 9.88. The first-order valence-electron chi connectivity index (χ1n) is 7.99. The van der Waals surface area contributed by atoms with Gasteiger partial charge >= 0.3 is 0 Å². The molecule has 4 heteroatoms. The Hall–Kier alpha value is -2.20. The number of nitrogens with two attached hydrogens (primary N) is 1. The van der Waals surface area contributed by atoms with Gasteiger partial charge in [0.2, 0.25) is 5.91 Å². The zero-order valence-electron chi connectivity index (χ0n) is 13.0. The summed E-state index contributed by atoms with van der Waals surface area (Å²) in [4.78, 5) is 11.3. The van der Waals surface area contributed by atoms with Crippen molar-refractivity contribution in [3.05, 3.63) is 71.0 Å². The van der Waals surface area contributed by atoms with Crippen molar-refractivity contribution in [1.82, 2.24) is 5.32 Å². The SMILES string of the molecule is NC(=O)c1cccc(CNC2(c3ccc(F)cc3)CCCC2)c1. The monoisotopic (exact) mass is 312 g/mol. The number of amides is 1. The number of carbonyl (C=O) groups excluding carboxylic acids is 1. The highest BCUT2D eigenvalue weighted by Gasteiger charge is 2.34. The molecule has 3 nitrogen and oxygen atoms in total. The molecule has 3 rings (SSSR count). The lowest BCUT2D eigenvalue weighted by Crippen LogP contribution is -2.39. The van der Waals surface area contributed by atoms with Gasteiger partial charge in [-0.05, 0) is 48.2 Å². The molecular formula is C19H21FN2O. The van der Waals surface area contributed by atoms with Crippen LogP contribution in [0.25, 0.3) is 0 Å². The zero-order valence-corrected chi connectivity index (χ0v) is 13.0. The Labute approximate surface area is 135 Å². The second kappa shape index (κ2) is 6.50. The lowest BCUT2D eigenvalue weighted by molar-refractivity contribution is 0.1000. The van der Waals surface area contributed by atoms with Gasteiger partial charge in [0.15, 0.2) is 0 Å². The Balaban J connectivity index is 1.79. The first-order valence-corrected chi connectivity index (χ1v) is 7.99. The van der Waals surface area contributed by atoms with Crippen molar-refractivity contribution >= 4 is 5.91 Å². The normalized spacial score (nSPS) is 16.4. The standard InChI is InChI=1S/C19H21FN2O/c20-17-8-6-16(7-9-17)19(10-1-2-11-19)22-13-14-4-3-5-15(12-14)18(21)23/h3-9,12,22H,1-2,10-11,13H2,(H2,21,23). The fraction of sp³-hybridized carbons (Fsp3) is 0.316. The van der Waals surface area contributed by atoms with E-state index in [-0.39, 0.29) is 11.4 Å². The molecule has 0 unspecified atom stereocenters. The van der Waals surface area contributed by atoms with Crippen LogP contribution in [0.2, 0.25) is 0 Å². The number of nitrogens with one attached hydrogen (secondary N) is 1. The van der Waals surface area contributed by atoms with Crippen molar-refractivity contribution < 1.29 is 9.18 Å². The van der Waals surface area contributed by atoms with Gasteiger partial charge in [-0.2, -0.15) is 0 Å². The van der Waals surface area contributed by atoms with Crippen molar-refractivity contribution in [3.63, 3.8) is 0 Å². The first-order chi connectivity index (χ1) is 11.1. The van der Waals surface area contributed by atoms with E-state index in [1.165, 1.54) is 12.1 Å². The van der Waals surface area contributed by atoms with E-state index in [9.17, 15) is 9.18 Å². The zero-order chi connectivity index (χ0) is 16.3. The van der Waals surface area contributed by atoms with Crippen LogP contribution in [0.15, 0.2) is 48.5 Å². The summed E-state index contributed by atoms with van der Waals surface area (Å²) in [5.41, 5.74) is 7.89. The van der Waals surface area contributed by atoms with Gasteiger partial charge in [-0.1, -0.05) is 37.1 Å². The second-order valence-corrected chi connectivity index (χ2v) is 6.21. The Kier molecular flexibility index (Phi) is 4.44. The molecule has 0 spiro atoms. The average molecular weight is 312 g/mol. The van der Waals surface area contributed by atoms with Crippen LogP contribution in [-0.4, -0.2) is 5.91 Å². The molecule has 0 atom stereocenters. The molecule has 1 saturated carbocycles. The maximum atomic E-state index is 13.2. The van der Waals surface area contributed by atoms with Gasteiger partial charge in [-0.25, -0.2) is 4.39 Å². The highest BCUT2D eigenvalue weighted by Crippen LogP contribution is 2.39. The van der Waals surface area contributed by atoms with Crippen LogP contribution in [0.5, 0.6) is 0 Å². The van der Waals surface area contributed by atoms with E-state index in [0.29, 0.717) is 12.1 Å². The molecule has 0 radical (unpaired) electrons. The van der Waals surface area contributed by atoms with Crippen molar-refractivity contribution in [2.24, 2.45) is 5.73 Å². The third kappa shape index (κ3) is 3.42. The molecule has 1 amide bonds. The number of halogens is 1. The molecule has 1 fully saturated rings. The lowest BCUT2D eigenvalue weighted by Gasteiger charge is -2.31. The molecule has 0 bridgehead atoms. The van der Waals surface area contributed by atoms with Crippen LogP contribution < -0.4 is 11.1 Å². The van der Waals surface area contributed by atoms with Crippen molar-refractivity contribution in [2.45, 2.75) is 37.8 Å². The summed E-state index contributed by atoms with van der Waals surface area (Å²) in [7, 11) is 0. The van der Waals surface area contributed by atoms with E-state index in [1.54, 1.807) is 6.07 Å². The Morgan fingerprint density at radius 2 is 1.83 bits per heavy atom. The highest BCUT2D eigenvalue weighted by molar-refractivity contribution is 5.92. The minimum atomic E-state index is -0.416. The van der Waals surface area contributed by atoms with E-state index >= 15 is 0 Å². The largest absolute Gasteiger partial charge is 0.366 e. The first kappa shape index (κ1) is 15.7. The number of carbonyl (C=O) groups is 1. The number of hydrogen-bond acceptors (Lipinski definition) is 2. The van der Waals surface area contributed by atoms with E-state index in [0.717, 1.165) is 36.8 Å². The summed E-state index contributed by atoms with van der Waals surface area (Å²) in [6, 6.07) is 14.1. The molecule has 0 aliphatic heterocycles. The Bertz CT molecular complexity index is 691. The van der Waals surface area contributed by atoms with E-state index in [4.69, 9.17) is 5.73 Å². The van der Waals surface area contributed by atoms with Gasteiger partial charge in [0.25, 0.3) is 0 Å². The predicted molar refractivity (Wildman–Crippen MR) is 88.3 cm³/mol. The topological polar surface area (TPSA) is 55.1 Å². The van der Waals surface area contributed by atoms with Crippen molar-refractivity contribution in [1.29, 1.82) is 0 Å². The molecule has 2 aromatic rings. The molecule has 0 heterocycles. The van der Waals surface area contributed by atoms with Gasteiger partial charge in [-0.3, -0.25) is 4.79 Å². The van der Waals surface area contributed by atoms with Crippen LogP contribution in [0.1, 0.15) is 47.2 Å². The highest BCUT2D eigenvalue weighted by atomic mass is 19.1. The molecule has 3 N–H and O–H groups in total. The number of hydrogen-bond donors (Lipinski definition) is 2. The van der Waals surface area contributed by atoms with E-state index in [1.807, 2.05) is 30.3 Å². The van der Waals surface area contributed by atoms with E-state index < -0.39 is 5.91 Å². The third-order valence-electron chi connectivity index (χ3n) is 4.70. The molecule has 2 aromatic carbocycles. The fourth-order valence-electron chi connectivity index (χ4n) is 3.42. The summed E-state index contributed by atoms with van der Waals surface area (Å²) in [5.74, 6) is -0.628. The minimum Gasteiger partial charge on any atom is -0.366 e. The van der Waals surface area contributed by atoms with Crippen LogP contribution in [-0.2, 0) is 12.1 Å². The number of rotatable bonds is 5. The Morgan fingerprint density at radius 3 is 2.48 bits per heavy atom. The van der Waals surface area contributed by atoms with Crippen LogP contribution >= 0.6 is 0 Å². The minimum absolute atomic E-state index is 0.115. The van der Waals surface area contributed by atoms with Crippen LogP contribution in [0.3, 0.4) is 0 Å². The van der Waals surface area contributed by atoms with Gasteiger partial charge in [0, 0.05) is 17.6 Å². The molecule has 1 aliphatic carbocycles. The maximum absolute atomic E-state index is 13.2. The third-order valence-corrected chi connectivity index (χ3v) is 4.70. The van der Waals surface area contributed by atoms with Crippen molar-refractivity contribution in [2.75, 3.05) is 0 Å². The summed E-state index contributed by atoms with van der Waals surface area (Å²) >= 11 is 0. The smallest absolute Gasteiger partial charge is 0.248 e. The predicted octanol–water partition coefficient (Wildman–Crippen LogP) is 3.48. The average Bonchev–Trinajstić information content (AvgIpc) is 3.04. The van der Waals surface area contributed by atoms with Gasteiger partial charge in [-0.15, -0.1) is 0 Å². The van der Waals surface area contributed by atoms with Gasteiger partial charge in [0.1, 0.15) is 5.82 Å². The van der Waals surface area contributed by atoms with Crippen LogP contribution in [0.4, 0.5) is 4.39 Å². The molecule has 0 aromatic heterocycles. The number of primary amides is 1. The summed E-state index contributed by atoms with van der Waals surface area (Å²) < 4.78 is 13.2. The second-order valence-electron chi connectivity index (χ2n) is 6.21. The van der Waals surface area contributed by atoms with Crippen LogP contribution in [0, 0.1) is 5.82 Å². The van der Waals surface area contributed by atoms with Gasteiger partial charge in [0.05, 0.1) is 0 Å². The quantitative estimate of drug-likeness (QED) is 0.888. The molecule has 1 aliphatic rings. The molecule has 0 saturated heterocycles. The van der Waals surface area contributed by atoms with Crippen molar-refractivity contribution in [3.8, 4) is 0 Å². The molecular weight excluding hydrogens is 291 g/mol. The maximum Gasteiger partial charge on any atom is 0.248 e. The fourth-order valence-corrected chi connectivity index (χ4v) is 3.42. The summed E-state index contributed by atoms with van der Waals surface area (Å²) in [6.45, 7) is 0.651. The Morgan fingerprint density at radius 1 is 1.13 bits per heavy atom. The number of benzene rings is 2. The molecule has 23 heavy (non-hydrogen) atoms.